The van der Waals surface area contributed by atoms with Crippen molar-refractivity contribution in [2.24, 2.45) is 11.1 Å². The van der Waals surface area contributed by atoms with Gasteiger partial charge < -0.3 is 10.7 Å². The number of hydrogen-bond acceptors (Lipinski definition) is 7. The molecule has 0 aliphatic rings. The summed E-state index contributed by atoms with van der Waals surface area (Å²) in [5.41, 5.74) is 6.08. The van der Waals surface area contributed by atoms with E-state index >= 15 is 0 Å². The Morgan fingerprint density at radius 3 is 3.14 bits per heavy atom. The lowest BCUT2D eigenvalue weighted by molar-refractivity contribution is -0.275. The van der Waals surface area contributed by atoms with Crippen LogP contribution in [0.5, 0.6) is 0 Å². The predicted octanol–water partition coefficient (Wildman–Crippen LogP) is -0.564. The summed E-state index contributed by atoms with van der Waals surface area (Å²) in [6.07, 6.45) is 3.18. The fourth-order valence-corrected chi connectivity index (χ4v) is 0.830. The number of rotatable bonds is 5. The van der Waals surface area contributed by atoms with E-state index in [1.807, 2.05) is 5.34 Å². The van der Waals surface area contributed by atoms with E-state index in [1.54, 1.807) is 0 Å². The lowest BCUT2D eigenvalue weighted by atomic mass is 10.2. The van der Waals surface area contributed by atoms with Gasteiger partial charge in [0.05, 0.1) is 6.33 Å². The zero-order valence-electron chi connectivity index (χ0n) is 7.04. The fraction of sp³-hybridized carbons (Fsp3) is 0.333. The van der Waals surface area contributed by atoms with E-state index in [1.165, 1.54) is 12.5 Å². The van der Waals surface area contributed by atoms with Crippen molar-refractivity contribution < 1.29 is 14.7 Å². The molecule has 0 saturated heterocycles. The molecule has 8 heteroatoms. The van der Waals surface area contributed by atoms with Crippen LogP contribution in [0.15, 0.2) is 17.9 Å². The highest BCUT2D eigenvalue weighted by atomic mass is 17.3. The molecule has 0 aliphatic heterocycles. The number of aromatic amines is 1. The first-order valence-electron chi connectivity index (χ1n) is 3.67. The maximum atomic E-state index is 10.9. The van der Waals surface area contributed by atoms with E-state index in [-0.39, 0.29) is 6.42 Å². The van der Waals surface area contributed by atoms with Gasteiger partial charge in [-0.2, -0.15) is 0 Å². The van der Waals surface area contributed by atoms with Gasteiger partial charge in [0.15, 0.2) is 0 Å². The molecule has 0 fully saturated rings. The van der Waals surface area contributed by atoms with E-state index in [9.17, 15) is 9.70 Å². The Morgan fingerprint density at radius 1 is 1.79 bits per heavy atom. The molecule has 8 nitrogen and oxygen atoms in total. The summed E-state index contributed by atoms with van der Waals surface area (Å²) < 4.78 is 0. The molecule has 1 aromatic heterocycles. The molecule has 0 spiro atoms. The van der Waals surface area contributed by atoms with Crippen LogP contribution in [0.2, 0.25) is 0 Å². The van der Waals surface area contributed by atoms with Crippen LogP contribution in [-0.2, 0) is 21.1 Å². The van der Waals surface area contributed by atoms with Crippen LogP contribution >= 0.6 is 0 Å². The van der Waals surface area contributed by atoms with Crippen LogP contribution < -0.4 is 5.73 Å². The summed E-state index contributed by atoms with van der Waals surface area (Å²) in [4.78, 5) is 34.3. The largest absolute Gasteiger partial charge is 0.375 e. The molecule has 0 saturated carbocycles. The lowest BCUT2D eigenvalue weighted by Crippen LogP contribution is -2.34. The SMILES string of the molecule is NC(Cc1cnc[nH]1)C(=O)OON=O. The Bertz CT molecular complexity index is 299. The number of imidazole rings is 1. The van der Waals surface area contributed by atoms with Gasteiger partial charge >= 0.3 is 5.97 Å². The van der Waals surface area contributed by atoms with Gasteiger partial charge in [0.1, 0.15) is 6.04 Å². The zero-order valence-corrected chi connectivity index (χ0v) is 7.04. The van der Waals surface area contributed by atoms with Gasteiger partial charge in [0.25, 0.3) is 0 Å². The average Bonchev–Trinajstić information content (AvgIpc) is 2.66. The van der Waals surface area contributed by atoms with Crippen molar-refractivity contribution in [1.82, 2.24) is 9.97 Å². The number of nitrogens with two attached hydrogens (primary N) is 1. The summed E-state index contributed by atoms with van der Waals surface area (Å²) >= 11 is 0. The molecule has 0 aliphatic carbocycles. The second-order valence-corrected chi connectivity index (χ2v) is 2.44. The highest BCUT2D eigenvalue weighted by molar-refractivity contribution is 5.75. The Hall–Kier alpha value is -1.96. The maximum absolute atomic E-state index is 10.9. The first-order chi connectivity index (χ1) is 6.74. The minimum absolute atomic E-state index is 0.209. The van der Waals surface area contributed by atoms with Crippen molar-refractivity contribution in [2.75, 3.05) is 0 Å². The van der Waals surface area contributed by atoms with Gasteiger partial charge in [-0.05, 0) is 0 Å². The standard InChI is InChI=1S/C6H8N4O4/c7-5(6(11)13-14-10-12)1-4-2-8-3-9-4/h2-3,5H,1,7H2,(H,8,9). The minimum atomic E-state index is -0.933. The molecule has 1 unspecified atom stereocenters. The Labute approximate surface area is 78.3 Å². The smallest absolute Gasteiger partial charge is 0.348 e. The molecule has 0 bridgehead atoms. The number of nitrogens with zero attached hydrogens (tertiary/aromatic N) is 2. The van der Waals surface area contributed by atoms with Crippen LogP contribution in [0.1, 0.15) is 5.69 Å². The van der Waals surface area contributed by atoms with E-state index in [4.69, 9.17) is 5.73 Å². The van der Waals surface area contributed by atoms with Gasteiger partial charge in [-0.1, -0.05) is 0 Å². The normalized spacial score (nSPS) is 11.8. The molecule has 3 N–H and O–H groups in total. The van der Waals surface area contributed by atoms with E-state index < -0.39 is 12.0 Å². The molecule has 14 heavy (non-hydrogen) atoms. The molecular formula is C6H8N4O4. The van der Waals surface area contributed by atoms with Crippen LogP contribution in [0.4, 0.5) is 0 Å². The highest BCUT2D eigenvalue weighted by Gasteiger charge is 2.18. The average molecular weight is 200 g/mol. The quantitative estimate of drug-likeness (QED) is 0.373. The van der Waals surface area contributed by atoms with Gasteiger partial charge in [-0.15, -0.1) is 9.90 Å². The van der Waals surface area contributed by atoms with Crippen LogP contribution in [0.25, 0.3) is 0 Å². The topological polar surface area (TPSA) is 120 Å². The molecule has 1 heterocycles. The monoisotopic (exact) mass is 200 g/mol. The number of carbonyl (C=O) groups excluding carboxylic acids is 1. The van der Waals surface area contributed by atoms with E-state index in [0.29, 0.717) is 5.69 Å². The molecule has 0 radical (unpaired) electrons. The molecule has 1 aromatic rings. The van der Waals surface area contributed by atoms with Gasteiger partial charge in [-0.25, -0.2) is 14.7 Å². The van der Waals surface area contributed by atoms with Crippen molar-refractivity contribution in [3.63, 3.8) is 0 Å². The summed E-state index contributed by atoms with van der Waals surface area (Å²) in [5, 5.41) is 1.89. The second kappa shape index (κ2) is 4.92. The Kier molecular flexibility index (Phi) is 3.56. The van der Waals surface area contributed by atoms with E-state index in [0.717, 1.165) is 0 Å². The maximum Gasteiger partial charge on any atom is 0.375 e. The van der Waals surface area contributed by atoms with Crippen molar-refractivity contribution in [2.45, 2.75) is 12.5 Å². The number of hydrogen-bond donors (Lipinski definition) is 2. The van der Waals surface area contributed by atoms with Crippen LogP contribution in [0, 0.1) is 4.91 Å². The van der Waals surface area contributed by atoms with Gasteiger partial charge in [0, 0.05) is 18.3 Å². The third-order valence-electron chi connectivity index (χ3n) is 1.45. The lowest BCUT2D eigenvalue weighted by Gasteiger charge is -2.05. The molecular weight excluding hydrogens is 192 g/mol. The second-order valence-electron chi connectivity index (χ2n) is 2.44. The van der Waals surface area contributed by atoms with Gasteiger partial charge in [-0.3, -0.25) is 0 Å². The van der Waals surface area contributed by atoms with Crippen LogP contribution in [0.3, 0.4) is 0 Å². The van der Waals surface area contributed by atoms with Gasteiger partial charge in [0.2, 0.25) is 5.34 Å². The fourth-order valence-electron chi connectivity index (χ4n) is 0.830. The summed E-state index contributed by atoms with van der Waals surface area (Å²) in [5.74, 6) is -0.876. The first kappa shape index (κ1) is 10.1. The predicted molar refractivity (Wildman–Crippen MR) is 43.2 cm³/mol. The molecule has 1 rings (SSSR count). The molecule has 0 amide bonds. The number of nitrogens with one attached hydrogen (secondary N) is 1. The Balaban J connectivity index is 2.37. The summed E-state index contributed by atoms with van der Waals surface area (Å²) in [6.45, 7) is 0. The summed E-state index contributed by atoms with van der Waals surface area (Å²) in [7, 11) is 0. The van der Waals surface area contributed by atoms with Crippen molar-refractivity contribution in [3.8, 4) is 0 Å². The highest BCUT2D eigenvalue weighted by Crippen LogP contribution is 1.98. The number of aromatic nitrogens is 2. The van der Waals surface area contributed by atoms with E-state index in [2.05, 4.69) is 19.8 Å². The molecule has 1 atom stereocenters. The minimum Gasteiger partial charge on any atom is -0.348 e. The Morgan fingerprint density at radius 2 is 2.57 bits per heavy atom. The molecule has 0 aromatic carbocycles. The summed E-state index contributed by atoms with van der Waals surface area (Å²) in [6, 6.07) is -0.933. The zero-order chi connectivity index (χ0) is 10.4. The third-order valence-corrected chi connectivity index (χ3v) is 1.45. The van der Waals surface area contributed by atoms with Crippen molar-refractivity contribution in [1.29, 1.82) is 0 Å². The number of carbonyl (C=O) groups is 1. The van der Waals surface area contributed by atoms with Crippen molar-refractivity contribution >= 4 is 5.97 Å². The number of H-pyrrole nitrogens is 1. The van der Waals surface area contributed by atoms with Crippen molar-refractivity contribution in [3.05, 3.63) is 23.1 Å². The first-order valence-corrected chi connectivity index (χ1v) is 3.67. The molecule has 76 valence electrons. The van der Waals surface area contributed by atoms with Crippen LogP contribution in [-0.4, -0.2) is 22.0 Å². The third kappa shape index (κ3) is 2.83.